The van der Waals surface area contributed by atoms with Gasteiger partial charge in [0.25, 0.3) is 0 Å². The number of carbonyl (C=O) groups excluding carboxylic acids is 1. The van der Waals surface area contributed by atoms with Crippen molar-refractivity contribution in [3.8, 4) is 11.5 Å². The number of rotatable bonds is 17. The molecule has 0 saturated heterocycles. The number of benzene rings is 5. The molecular weight excluding hydrogens is 682 g/mol. The molecule has 1 amide bonds. The van der Waals surface area contributed by atoms with Crippen LogP contribution >= 0.6 is 0 Å². The molecule has 8 heteroatoms. The van der Waals surface area contributed by atoms with Gasteiger partial charge in [0.15, 0.2) is 8.32 Å². The highest BCUT2D eigenvalue weighted by Crippen LogP contribution is 2.43. The van der Waals surface area contributed by atoms with Crippen molar-refractivity contribution in [1.29, 1.82) is 0 Å². The molecule has 2 N–H and O–H groups in total. The summed E-state index contributed by atoms with van der Waals surface area (Å²) >= 11 is 0. The Morgan fingerprint density at radius 2 is 1.32 bits per heavy atom. The fourth-order valence-electron chi connectivity index (χ4n) is 5.92. The molecule has 0 aliphatic carbocycles. The van der Waals surface area contributed by atoms with Gasteiger partial charge < -0.3 is 24.3 Å². The summed E-state index contributed by atoms with van der Waals surface area (Å²) in [6.07, 6.45) is -0.406. The van der Waals surface area contributed by atoms with Crippen molar-refractivity contribution in [2.45, 2.75) is 83.6 Å². The molecule has 0 radical (unpaired) electrons. The molecule has 3 atom stereocenters. The van der Waals surface area contributed by atoms with E-state index in [2.05, 4.69) is 39.2 Å². The van der Waals surface area contributed by atoms with Gasteiger partial charge in [0.1, 0.15) is 30.5 Å². The SMILES string of the molecule is CC(C)(C)[Si](C)(C)O[C@@H](CCC(CC(=O)Nc1ccccc1)[C@@H](O)c1ccc(OCc2ccccc2)cc1OCc1ccccc1)c1ccc(F)cc1. The van der Waals surface area contributed by atoms with Crippen molar-refractivity contribution in [3.05, 3.63) is 162 Å². The van der Waals surface area contributed by atoms with Crippen LogP contribution in [0.5, 0.6) is 11.5 Å². The summed E-state index contributed by atoms with van der Waals surface area (Å²) in [5.41, 5.74) is 4.12. The molecule has 0 aliphatic heterocycles. The zero-order valence-corrected chi connectivity index (χ0v) is 32.4. The number of carbonyl (C=O) groups is 1. The van der Waals surface area contributed by atoms with Gasteiger partial charge in [-0.1, -0.05) is 112 Å². The predicted octanol–water partition coefficient (Wildman–Crippen LogP) is 11.2. The van der Waals surface area contributed by atoms with E-state index >= 15 is 0 Å². The van der Waals surface area contributed by atoms with Crippen LogP contribution in [0.2, 0.25) is 18.1 Å². The van der Waals surface area contributed by atoms with Crippen LogP contribution in [0, 0.1) is 11.7 Å². The monoisotopic (exact) mass is 733 g/mol. The first-order valence-electron chi connectivity index (χ1n) is 18.3. The summed E-state index contributed by atoms with van der Waals surface area (Å²) in [5.74, 6) is 0.0432. The third-order valence-corrected chi connectivity index (χ3v) is 14.5. The van der Waals surface area contributed by atoms with E-state index < -0.39 is 20.3 Å². The minimum atomic E-state index is -2.27. The number of aliphatic hydroxyl groups excluding tert-OH is 1. The number of amides is 1. The summed E-state index contributed by atoms with van der Waals surface area (Å²) < 4.78 is 33.6. The molecule has 5 aromatic rings. The lowest BCUT2D eigenvalue weighted by Crippen LogP contribution is -2.42. The number of aliphatic hydroxyl groups is 1. The van der Waals surface area contributed by atoms with Crippen LogP contribution in [0.4, 0.5) is 10.1 Å². The number of halogens is 1. The molecule has 1 unspecified atom stereocenters. The Morgan fingerprint density at radius 1 is 0.755 bits per heavy atom. The first kappa shape index (κ1) is 39.4. The van der Waals surface area contributed by atoms with Crippen molar-refractivity contribution in [3.63, 3.8) is 0 Å². The van der Waals surface area contributed by atoms with Crippen molar-refractivity contribution in [1.82, 2.24) is 0 Å². The van der Waals surface area contributed by atoms with Gasteiger partial charge in [-0.3, -0.25) is 4.79 Å². The molecule has 0 bridgehead atoms. The third kappa shape index (κ3) is 11.6. The summed E-state index contributed by atoms with van der Waals surface area (Å²) in [6.45, 7) is 11.6. The summed E-state index contributed by atoms with van der Waals surface area (Å²) in [5, 5.41) is 15.2. The fourth-order valence-corrected chi connectivity index (χ4v) is 7.23. The fraction of sp³-hybridized carbons (Fsp3) is 0.311. The molecule has 5 rings (SSSR count). The second-order valence-corrected chi connectivity index (χ2v) is 19.8. The lowest BCUT2D eigenvalue weighted by atomic mass is 9.86. The molecule has 0 fully saturated rings. The van der Waals surface area contributed by atoms with Crippen molar-refractivity contribution in [2.24, 2.45) is 5.92 Å². The lowest BCUT2D eigenvalue weighted by molar-refractivity contribution is -0.118. The zero-order valence-electron chi connectivity index (χ0n) is 31.4. The molecule has 278 valence electrons. The number of anilines is 1. The van der Waals surface area contributed by atoms with E-state index in [0.717, 1.165) is 16.7 Å². The van der Waals surface area contributed by atoms with Crippen LogP contribution in [0.1, 0.15) is 74.5 Å². The highest BCUT2D eigenvalue weighted by atomic mass is 28.4. The lowest BCUT2D eigenvalue weighted by Gasteiger charge is -2.40. The van der Waals surface area contributed by atoms with Crippen LogP contribution in [-0.2, 0) is 22.4 Å². The van der Waals surface area contributed by atoms with Gasteiger partial charge in [-0.25, -0.2) is 4.39 Å². The first-order chi connectivity index (χ1) is 25.4. The maximum Gasteiger partial charge on any atom is 0.224 e. The van der Waals surface area contributed by atoms with E-state index in [1.165, 1.54) is 12.1 Å². The minimum absolute atomic E-state index is 0.0523. The van der Waals surface area contributed by atoms with Crippen LogP contribution in [0.3, 0.4) is 0 Å². The smallest absolute Gasteiger partial charge is 0.224 e. The van der Waals surface area contributed by atoms with Gasteiger partial charge in [-0.15, -0.1) is 0 Å². The predicted molar refractivity (Wildman–Crippen MR) is 213 cm³/mol. The standard InChI is InChI=1S/C45H52FNO5Si/c1-45(2,3)53(4,5)52-41(35-21-24-37(46)25-22-35)28-23-36(29-43(48)47-38-19-13-8-14-20-38)44(49)40-27-26-39(50-31-33-15-9-6-10-16-33)30-42(40)51-32-34-17-11-7-12-18-34/h6-22,24-27,30,36,41,44,49H,23,28-29,31-32H2,1-5H3,(H,47,48)/t36?,41-,44+/m0/s1. The second kappa shape index (κ2) is 18.3. The Balaban J connectivity index is 1.45. The highest BCUT2D eigenvalue weighted by Gasteiger charge is 2.40. The number of para-hydroxylation sites is 1. The summed E-state index contributed by atoms with van der Waals surface area (Å²) in [7, 11) is -2.27. The molecule has 0 aliphatic rings. The second-order valence-electron chi connectivity index (χ2n) is 15.1. The van der Waals surface area contributed by atoms with Gasteiger partial charge in [0.2, 0.25) is 5.91 Å². The van der Waals surface area contributed by atoms with Crippen molar-refractivity contribution in [2.75, 3.05) is 5.32 Å². The Kier molecular flexibility index (Phi) is 13.6. The van der Waals surface area contributed by atoms with Gasteiger partial charge in [0.05, 0.1) is 12.2 Å². The summed E-state index contributed by atoms with van der Waals surface area (Å²) in [4.78, 5) is 13.6. The average Bonchev–Trinajstić information content (AvgIpc) is 3.15. The Bertz CT molecular complexity index is 1870. The number of hydrogen-bond acceptors (Lipinski definition) is 5. The number of nitrogens with one attached hydrogen (secondary N) is 1. The van der Waals surface area contributed by atoms with Gasteiger partial charge in [-0.05, 0) is 90.0 Å². The number of hydrogen-bond donors (Lipinski definition) is 2. The first-order valence-corrected chi connectivity index (χ1v) is 21.2. The number of ether oxygens (including phenoxy) is 2. The van der Waals surface area contributed by atoms with Crippen molar-refractivity contribution < 1.29 is 28.2 Å². The molecule has 0 heterocycles. The molecule has 5 aromatic carbocycles. The Morgan fingerprint density at radius 3 is 1.91 bits per heavy atom. The molecule has 0 saturated carbocycles. The van der Waals surface area contributed by atoms with Crippen LogP contribution < -0.4 is 14.8 Å². The molecule has 0 spiro atoms. The topological polar surface area (TPSA) is 77.0 Å². The van der Waals surface area contributed by atoms with E-state index in [4.69, 9.17) is 13.9 Å². The van der Waals surface area contributed by atoms with Crippen LogP contribution in [-0.4, -0.2) is 19.3 Å². The van der Waals surface area contributed by atoms with Crippen LogP contribution in [0.25, 0.3) is 0 Å². The van der Waals surface area contributed by atoms with Crippen molar-refractivity contribution >= 4 is 19.9 Å². The van der Waals surface area contributed by atoms with E-state index in [1.54, 1.807) is 12.1 Å². The largest absolute Gasteiger partial charge is 0.489 e. The van der Waals surface area contributed by atoms with E-state index in [9.17, 15) is 14.3 Å². The molecule has 53 heavy (non-hydrogen) atoms. The van der Waals surface area contributed by atoms with Gasteiger partial charge in [0, 0.05) is 23.7 Å². The highest BCUT2D eigenvalue weighted by molar-refractivity contribution is 6.74. The van der Waals surface area contributed by atoms with Gasteiger partial charge in [-0.2, -0.15) is 0 Å². The third-order valence-electron chi connectivity index (χ3n) is 10.0. The zero-order chi connectivity index (χ0) is 37.8. The van der Waals surface area contributed by atoms with E-state index in [1.807, 2.05) is 109 Å². The normalized spacial score (nSPS) is 13.5. The maximum atomic E-state index is 14.0. The average molecular weight is 734 g/mol. The molecule has 6 nitrogen and oxygen atoms in total. The minimum Gasteiger partial charge on any atom is -0.489 e. The molecular formula is C45H52FNO5Si. The quantitative estimate of drug-likeness (QED) is 0.0931. The van der Waals surface area contributed by atoms with E-state index in [0.29, 0.717) is 42.2 Å². The van der Waals surface area contributed by atoms with E-state index in [-0.39, 0.29) is 35.9 Å². The Labute approximate surface area is 315 Å². The Hall–Kier alpha value is -4.76. The summed E-state index contributed by atoms with van der Waals surface area (Å²) in [6, 6.07) is 41.0. The van der Waals surface area contributed by atoms with Gasteiger partial charge >= 0.3 is 0 Å². The maximum absolute atomic E-state index is 14.0. The van der Waals surface area contributed by atoms with Crippen LogP contribution in [0.15, 0.2) is 133 Å². The molecule has 0 aromatic heterocycles.